The highest BCUT2D eigenvalue weighted by molar-refractivity contribution is 5.48. The number of rotatable bonds is 3. The average molecular weight is 287 g/mol. The van der Waals surface area contributed by atoms with Crippen LogP contribution in [0.2, 0.25) is 0 Å². The third-order valence-electron chi connectivity index (χ3n) is 3.72. The second kappa shape index (κ2) is 5.74. The number of benzene rings is 2. The van der Waals surface area contributed by atoms with Crippen molar-refractivity contribution in [3.05, 3.63) is 59.7 Å². The molecule has 1 aliphatic heterocycles. The molecule has 2 aromatic carbocycles. The highest BCUT2D eigenvalue weighted by Crippen LogP contribution is 2.38. The van der Waals surface area contributed by atoms with Gasteiger partial charge in [0.25, 0.3) is 0 Å². The number of fused-ring (bicyclic) bond motifs is 1. The number of halogens is 1. The van der Waals surface area contributed by atoms with Gasteiger partial charge in [0, 0.05) is 13.0 Å². The Morgan fingerprint density at radius 2 is 1.67 bits per heavy atom. The van der Waals surface area contributed by atoms with Gasteiger partial charge in [0.2, 0.25) is 0 Å². The van der Waals surface area contributed by atoms with Gasteiger partial charge in [-0.2, -0.15) is 0 Å². The van der Waals surface area contributed by atoms with Crippen LogP contribution in [0.5, 0.6) is 11.5 Å². The molecule has 0 bridgehead atoms. The van der Waals surface area contributed by atoms with Crippen LogP contribution in [0, 0.1) is 0 Å². The molecule has 0 radical (unpaired) electrons. The highest BCUT2D eigenvalue weighted by atomic mass is 19.1. The van der Waals surface area contributed by atoms with Crippen LogP contribution in [0.3, 0.4) is 0 Å². The van der Waals surface area contributed by atoms with Crippen molar-refractivity contribution in [3.63, 3.8) is 0 Å². The maximum Gasteiger partial charge on any atom is 0.173 e. The topological polar surface area (TPSA) is 44.5 Å². The van der Waals surface area contributed by atoms with Crippen molar-refractivity contribution < 1.29 is 13.9 Å². The summed E-state index contributed by atoms with van der Waals surface area (Å²) < 4.78 is 26.6. The largest absolute Gasteiger partial charge is 0.490 e. The van der Waals surface area contributed by atoms with E-state index in [1.165, 1.54) is 0 Å². The molecule has 4 heteroatoms. The van der Waals surface area contributed by atoms with E-state index in [0.29, 0.717) is 35.8 Å². The summed E-state index contributed by atoms with van der Waals surface area (Å²) in [5.41, 5.74) is 5.03. The molecule has 1 heterocycles. The van der Waals surface area contributed by atoms with E-state index in [0.717, 1.165) is 6.42 Å². The first kappa shape index (κ1) is 13.9. The maximum absolute atomic E-state index is 15.4. The van der Waals surface area contributed by atoms with Gasteiger partial charge in [-0.1, -0.05) is 36.4 Å². The van der Waals surface area contributed by atoms with Gasteiger partial charge >= 0.3 is 0 Å². The van der Waals surface area contributed by atoms with Crippen LogP contribution in [0.15, 0.2) is 48.5 Å². The summed E-state index contributed by atoms with van der Waals surface area (Å²) >= 11 is 0. The van der Waals surface area contributed by atoms with Crippen molar-refractivity contribution >= 4 is 0 Å². The molecule has 1 aliphatic rings. The molecule has 0 spiro atoms. The second-order valence-corrected chi connectivity index (χ2v) is 5.08. The molecular formula is C17H18FNO2. The van der Waals surface area contributed by atoms with Crippen molar-refractivity contribution in [2.75, 3.05) is 19.8 Å². The molecule has 1 unspecified atom stereocenters. The van der Waals surface area contributed by atoms with Crippen molar-refractivity contribution in [2.24, 2.45) is 5.73 Å². The predicted octanol–water partition coefficient (Wildman–Crippen LogP) is 3.02. The monoisotopic (exact) mass is 287 g/mol. The molecule has 2 N–H and O–H groups in total. The molecule has 0 amide bonds. The van der Waals surface area contributed by atoms with Gasteiger partial charge < -0.3 is 15.2 Å². The zero-order valence-electron chi connectivity index (χ0n) is 11.7. The molecule has 110 valence electrons. The van der Waals surface area contributed by atoms with Gasteiger partial charge in [0.1, 0.15) is 0 Å². The van der Waals surface area contributed by atoms with Crippen molar-refractivity contribution in [1.29, 1.82) is 0 Å². The van der Waals surface area contributed by atoms with Crippen LogP contribution in [-0.4, -0.2) is 19.8 Å². The fourth-order valence-electron chi connectivity index (χ4n) is 2.51. The standard InChI is InChI=1S/C17H18FNO2/c18-17(12-19,13-5-2-1-3-6-13)14-7-8-15-16(11-14)21-10-4-9-20-15/h1-3,5-8,11H,4,9-10,12,19H2. The Hall–Kier alpha value is -2.07. The van der Waals surface area contributed by atoms with E-state index < -0.39 is 5.67 Å². The summed E-state index contributed by atoms with van der Waals surface area (Å²) in [7, 11) is 0. The minimum absolute atomic E-state index is 0.128. The van der Waals surface area contributed by atoms with Gasteiger partial charge in [-0.3, -0.25) is 0 Å². The Labute approximate surface area is 123 Å². The summed E-state index contributed by atoms with van der Waals surface area (Å²) in [6.07, 6.45) is 0.820. The van der Waals surface area contributed by atoms with Crippen LogP contribution in [0.25, 0.3) is 0 Å². The van der Waals surface area contributed by atoms with Gasteiger partial charge in [0.05, 0.1) is 13.2 Å². The van der Waals surface area contributed by atoms with Crippen LogP contribution in [0.1, 0.15) is 17.5 Å². The number of hydrogen-bond donors (Lipinski definition) is 1. The van der Waals surface area contributed by atoms with Crippen LogP contribution >= 0.6 is 0 Å². The minimum Gasteiger partial charge on any atom is -0.490 e. The average Bonchev–Trinajstić information content (AvgIpc) is 2.79. The predicted molar refractivity (Wildman–Crippen MR) is 79.4 cm³/mol. The zero-order valence-corrected chi connectivity index (χ0v) is 11.7. The summed E-state index contributed by atoms with van der Waals surface area (Å²) in [4.78, 5) is 0. The smallest absolute Gasteiger partial charge is 0.173 e. The lowest BCUT2D eigenvalue weighted by Crippen LogP contribution is -2.31. The summed E-state index contributed by atoms with van der Waals surface area (Å²) in [5, 5.41) is 0. The van der Waals surface area contributed by atoms with Gasteiger partial charge in [-0.15, -0.1) is 0 Å². The first-order chi connectivity index (χ1) is 10.2. The van der Waals surface area contributed by atoms with Crippen molar-refractivity contribution in [3.8, 4) is 11.5 Å². The number of alkyl halides is 1. The van der Waals surface area contributed by atoms with E-state index >= 15 is 4.39 Å². The first-order valence-corrected chi connectivity index (χ1v) is 7.09. The molecular weight excluding hydrogens is 269 g/mol. The Bertz CT molecular complexity index is 617. The quantitative estimate of drug-likeness (QED) is 0.943. The molecule has 0 saturated heterocycles. The molecule has 3 rings (SSSR count). The molecule has 1 atom stereocenters. The molecule has 0 aliphatic carbocycles. The van der Waals surface area contributed by atoms with E-state index in [2.05, 4.69) is 0 Å². The highest BCUT2D eigenvalue weighted by Gasteiger charge is 2.33. The minimum atomic E-state index is -1.73. The van der Waals surface area contributed by atoms with E-state index in [1.54, 1.807) is 30.3 Å². The van der Waals surface area contributed by atoms with Crippen LogP contribution in [-0.2, 0) is 5.67 Å². The van der Waals surface area contributed by atoms with Crippen molar-refractivity contribution in [1.82, 2.24) is 0 Å². The Morgan fingerprint density at radius 3 is 2.38 bits per heavy atom. The maximum atomic E-state index is 15.4. The van der Waals surface area contributed by atoms with E-state index in [4.69, 9.17) is 15.2 Å². The molecule has 0 saturated carbocycles. The van der Waals surface area contributed by atoms with Crippen molar-refractivity contribution in [2.45, 2.75) is 12.1 Å². The summed E-state index contributed by atoms with van der Waals surface area (Å²) in [5.74, 6) is 1.24. The number of hydrogen-bond acceptors (Lipinski definition) is 3. The van der Waals surface area contributed by atoms with E-state index in [1.807, 2.05) is 18.2 Å². The fraction of sp³-hybridized carbons (Fsp3) is 0.294. The Morgan fingerprint density at radius 1 is 0.952 bits per heavy atom. The van der Waals surface area contributed by atoms with Gasteiger partial charge in [0.15, 0.2) is 17.2 Å². The van der Waals surface area contributed by atoms with Gasteiger partial charge in [-0.05, 0) is 23.3 Å². The Balaban J connectivity index is 2.03. The normalized spacial score (nSPS) is 16.9. The van der Waals surface area contributed by atoms with E-state index in [9.17, 15) is 0 Å². The molecule has 0 aromatic heterocycles. The molecule has 21 heavy (non-hydrogen) atoms. The summed E-state index contributed by atoms with van der Waals surface area (Å²) in [6, 6.07) is 14.1. The summed E-state index contributed by atoms with van der Waals surface area (Å²) in [6.45, 7) is 1.06. The third-order valence-corrected chi connectivity index (χ3v) is 3.72. The number of nitrogens with two attached hydrogens (primary N) is 1. The fourth-order valence-corrected chi connectivity index (χ4v) is 2.51. The van der Waals surface area contributed by atoms with Crippen LogP contribution in [0.4, 0.5) is 4.39 Å². The lowest BCUT2D eigenvalue weighted by atomic mass is 9.88. The SMILES string of the molecule is NCC(F)(c1ccccc1)c1ccc2c(c1)OCCCO2. The number of ether oxygens (including phenoxy) is 2. The molecule has 0 fully saturated rings. The van der Waals surface area contributed by atoms with Gasteiger partial charge in [-0.25, -0.2) is 4.39 Å². The first-order valence-electron chi connectivity index (χ1n) is 7.09. The second-order valence-electron chi connectivity index (χ2n) is 5.08. The Kier molecular flexibility index (Phi) is 3.80. The lowest BCUT2D eigenvalue weighted by Gasteiger charge is -2.25. The van der Waals surface area contributed by atoms with Crippen LogP contribution < -0.4 is 15.2 Å². The zero-order chi connectivity index (χ0) is 14.7. The lowest BCUT2D eigenvalue weighted by molar-refractivity contribution is 0.231. The molecule has 3 nitrogen and oxygen atoms in total. The van der Waals surface area contributed by atoms with E-state index in [-0.39, 0.29) is 6.54 Å². The third kappa shape index (κ3) is 2.59. The molecule has 2 aromatic rings.